The van der Waals surface area contributed by atoms with Crippen LogP contribution < -0.4 is 13.6 Å². The molecule has 0 saturated heterocycles. The van der Waals surface area contributed by atoms with Crippen molar-refractivity contribution in [3.05, 3.63) is 89.5 Å². The molecule has 35 heavy (non-hydrogen) atoms. The van der Waals surface area contributed by atoms with Gasteiger partial charge in [-0.15, -0.1) is 0 Å². The molecule has 0 aliphatic rings. The largest absolute Gasteiger partial charge is 0.647 e. The fraction of sp³-hybridized carbons (Fsp3) is 0.400. The zero-order valence-electron chi connectivity index (χ0n) is 21.9. The van der Waals surface area contributed by atoms with E-state index in [0.717, 1.165) is 36.0 Å². The Morgan fingerprint density at radius 2 is 0.829 bits per heavy atom. The van der Waals surface area contributed by atoms with E-state index in [1.807, 2.05) is 54.6 Å². The molecular weight excluding hydrogens is 455 g/mol. The second-order valence-electron chi connectivity index (χ2n) is 10.5. The van der Waals surface area contributed by atoms with E-state index < -0.39 is 7.82 Å². The maximum Gasteiger partial charge on any atom is 0.647 e. The van der Waals surface area contributed by atoms with Crippen LogP contribution in [0.5, 0.6) is 17.2 Å². The van der Waals surface area contributed by atoms with Crippen LogP contribution in [0.3, 0.4) is 0 Å². The highest BCUT2D eigenvalue weighted by Gasteiger charge is 2.33. The lowest BCUT2D eigenvalue weighted by atomic mass is 10.0. The van der Waals surface area contributed by atoms with Gasteiger partial charge >= 0.3 is 7.82 Å². The molecule has 0 N–H and O–H groups in total. The molecule has 4 nitrogen and oxygen atoms in total. The molecule has 0 aromatic heterocycles. The molecular formula is C30H39O4P. The van der Waals surface area contributed by atoms with Crippen molar-refractivity contribution in [3.8, 4) is 17.2 Å². The SMILES string of the molecule is CC(C)Cc1cccc(OP(=O)(Oc2cccc(CC(C)C)c2)Oc2cccc(CC(C)C)c2)c1. The van der Waals surface area contributed by atoms with Crippen LogP contribution >= 0.6 is 7.82 Å². The van der Waals surface area contributed by atoms with Crippen LogP contribution in [0.15, 0.2) is 72.8 Å². The smallest absolute Gasteiger partial charge is 0.386 e. The molecule has 3 rings (SSSR count). The minimum Gasteiger partial charge on any atom is -0.386 e. The van der Waals surface area contributed by atoms with Crippen LogP contribution in [0.2, 0.25) is 0 Å². The van der Waals surface area contributed by atoms with Gasteiger partial charge in [-0.1, -0.05) is 77.9 Å². The minimum absolute atomic E-state index is 0.461. The molecule has 3 aromatic carbocycles. The fourth-order valence-corrected chi connectivity index (χ4v) is 5.27. The number of hydrogen-bond donors (Lipinski definition) is 0. The lowest BCUT2D eigenvalue weighted by Crippen LogP contribution is -2.08. The Morgan fingerprint density at radius 3 is 1.09 bits per heavy atom. The van der Waals surface area contributed by atoms with Crippen molar-refractivity contribution in [1.82, 2.24) is 0 Å². The molecule has 0 amide bonds. The number of hydrogen-bond acceptors (Lipinski definition) is 4. The van der Waals surface area contributed by atoms with Crippen molar-refractivity contribution in [2.24, 2.45) is 17.8 Å². The predicted octanol–water partition coefficient (Wildman–Crippen LogP) is 8.93. The summed E-state index contributed by atoms with van der Waals surface area (Å²) >= 11 is 0. The number of phosphoric acid groups is 1. The van der Waals surface area contributed by atoms with Gasteiger partial charge in [0.1, 0.15) is 17.2 Å². The Labute approximate surface area is 211 Å². The summed E-state index contributed by atoms with van der Waals surface area (Å²) in [6.07, 6.45) is 2.70. The zero-order valence-corrected chi connectivity index (χ0v) is 22.8. The van der Waals surface area contributed by atoms with E-state index >= 15 is 0 Å². The molecule has 5 heteroatoms. The summed E-state index contributed by atoms with van der Waals surface area (Å²) in [6, 6.07) is 22.9. The topological polar surface area (TPSA) is 44.8 Å². The highest BCUT2D eigenvalue weighted by molar-refractivity contribution is 7.49. The van der Waals surface area contributed by atoms with Crippen LogP contribution in [0.1, 0.15) is 58.2 Å². The predicted molar refractivity (Wildman–Crippen MR) is 144 cm³/mol. The summed E-state index contributed by atoms with van der Waals surface area (Å²) in [7, 11) is -4.05. The van der Waals surface area contributed by atoms with Gasteiger partial charge in [0.2, 0.25) is 0 Å². The average molecular weight is 495 g/mol. The van der Waals surface area contributed by atoms with Gasteiger partial charge < -0.3 is 13.6 Å². The normalized spacial score (nSPS) is 11.8. The van der Waals surface area contributed by atoms with E-state index in [1.54, 1.807) is 18.2 Å². The van der Waals surface area contributed by atoms with Crippen molar-refractivity contribution in [1.29, 1.82) is 0 Å². The Hall–Kier alpha value is -2.71. The number of phosphoric ester groups is 1. The first-order chi connectivity index (χ1) is 16.6. The van der Waals surface area contributed by atoms with Gasteiger partial charge in [0.15, 0.2) is 0 Å². The molecule has 0 unspecified atom stereocenters. The van der Waals surface area contributed by atoms with Crippen LogP contribution in [-0.4, -0.2) is 0 Å². The van der Waals surface area contributed by atoms with Gasteiger partial charge in [-0.2, -0.15) is 4.57 Å². The zero-order chi connectivity index (χ0) is 25.4. The van der Waals surface area contributed by atoms with Crippen LogP contribution in [0.25, 0.3) is 0 Å². The molecule has 3 aromatic rings. The van der Waals surface area contributed by atoms with Gasteiger partial charge in [-0.25, -0.2) is 0 Å². The van der Waals surface area contributed by atoms with Crippen molar-refractivity contribution in [2.75, 3.05) is 0 Å². The van der Waals surface area contributed by atoms with Gasteiger partial charge in [0.05, 0.1) is 0 Å². The lowest BCUT2D eigenvalue weighted by molar-refractivity contribution is 0.298. The highest BCUT2D eigenvalue weighted by Crippen LogP contribution is 2.50. The number of benzene rings is 3. The molecule has 0 fully saturated rings. The Morgan fingerprint density at radius 1 is 0.543 bits per heavy atom. The van der Waals surface area contributed by atoms with Crippen molar-refractivity contribution >= 4 is 7.82 Å². The molecule has 188 valence electrons. The summed E-state index contributed by atoms with van der Waals surface area (Å²) in [5.41, 5.74) is 3.34. The van der Waals surface area contributed by atoms with Crippen molar-refractivity contribution < 1.29 is 18.1 Å². The molecule has 0 spiro atoms. The van der Waals surface area contributed by atoms with Gasteiger partial charge in [-0.3, -0.25) is 0 Å². The van der Waals surface area contributed by atoms with E-state index in [4.69, 9.17) is 13.6 Å². The minimum atomic E-state index is -4.05. The van der Waals surface area contributed by atoms with Gasteiger partial charge in [-0.05, 0) is 90.1 Å². The molecule has 0 atom stereocenters. The van der Waals surface area contributed by atoms with Crippen LogP contribution in [-0.2, 0) is 23.8 Å². The summed E-state index contributed by atoms with van der Waals surface area (Å²) in [5.74, 6) is 2.88. The summed E-state index contributed by atoms with van der Waals surface area (Å²) in [6.45, 7) is 13.0. The average Bonchev–Trinajstić information content (AvgIpc) is 2.72. The first-order valence-corrected chi connectivity index (χ1v) is 14.0. The molecule has 0 radical (unpaired) electrons. The lowest BCUT2D eigenvalue weighted by Gasteiger charge is -2.21. The summed E-state index contributed by atoms with van der Waals surface area (Å²) < 4.78 is 32.0. The van der Waals surface area contributed by atoms with Crippen LogP contribution in [0.4, 0.5) is 0 Å². The third-order valence-corrected chi connectivity index (χ3v) is 6.58. The molecule has 0 bridgehead atoms. The Kier molecular flexibility index (Phi) is 9.46. The van der Waals surface area contributed by atoms with Crippen LogP contribution in [0, 0.1) is 17.8 Å². The molecule has 0 aliphatic carbocycles. The van der Waals surface area contributed by atoms with E-state index in [1.165, 1.54) is 0 Å². The van der Waals surface area contributed by atoms with Crippen molar-refractivity contribution in [3.63, 3.8) is 0 Å². The standard InChI is InChI=1S/C30H39O4P/c1-22(2)16-25-10-7-13-28(19-25)32-35(31,33-29-14-8-11-26(20-29)17-23(3)4)34-30-15-9-12-27(21-30)18-24(5)6/h7-15,19-24H,16-18H2,1-6H3. The third kappa shape index (κ3) is 9.11. The van der Waals surface area contributed by atoms with Gasteiger partial charge in [0.25, 0.3) is 0 Å². The molecule has 0 heterocycles. The van der Waals surface area contributed by atoms with E-state index in [0.29, 0.717) is 35.0 Å². The molecule has 0 aliphatic heterocycles. The van der Waals surface area contributed by atoms with Crippen molar-refractivity contribution in [2.45, 2.75) is 60.8 Å². The highest BCUT2D eigenvalue weighted by atomic mass is 31.2. The second-order valence-corrected chi connectivity index (χ2v) is 11.9. The molecule has 0 saturated carbocycles. The quantitative estimate of drug-likeness (QED) is 0.236. The Bertz CT molecular complexity index is 995. The first kappa shape index (κ1) is 26.9. The summed E-state index contributed by atoms with van der Waals surface area (Å²) in [4.78, 5) is 0. The maximum absolute atomic E-state index is 14.1. The van der Waals surface area contributed by atoms with E-state index in [9.17, 15) is 4.57 Å². The van der Waals surface area contributed by atoms with E-state index in [2.05, 4.69) is 41.5 Å². The third-order valence-electron chi connectivity index (χ3n) is 5.28. The maximum atomic E-state index is 14.1. The summed E-state index contributed by atoms with van der Waals surface area (Å²) in [5, 5.41) is 0. The Balaban J connectivity index is 1.91. The van der Waals surface area contributed by atoms with Gasteiger partial charge in [0, 0.05) is 0 Å². The van der Waals surface area contributed by atoms with E-state index in [-0.39, 0.29) is 0 Å². The monoisotopic (exact) mass is 494 g/mol. The fourth-order valence-electron chi connectivity index (χ4n) is 4.05. The second kappa shape index (κ2) is 12.3. The first-order valence-electron chi connectivity index (χ1n) is 12.6. The number of rotatable bonds is 12.